The Bertz CT molecular complexity index is 1210. The van der Waals surface area contributed by atoms with Crippen molar-refractivity contribution >= 4 is 14.0 Å². The highest BCUT2D eigenvalue weighted by Gasteiger charge is 2.28. The minimum Gasteiger partial charge on any atom is -0.465 e. The van der Waals surface area contributed by atoms with Crippen molar-refractivity contribution in [2.24, 2.45) is 0 Å². The number of pyridine rings is 1. The van der Waals surface area contributed by atoms with Crippen LogP contribution in [0.2, 0.25) is 25.7 Å². The molecule has 11 heteroatoms. The number of esters is 1. The first-order valence-electron chi connectivity index (χ1n) is 12.1. The van der Waals surface area contributed by atoms with Gasteiger partial charge in [0.25, 0.3) is 0 Å². The highest BCUT2D eigenvalue weighted by Crippen LogP contribution is 2.35. The van der Waals surface area contributed by atoms with Gasteiger partial charge in [0.05, 0.1) is 25.0 Å². The van der Waals surface area contributed by atoms with Gasteiger partial charge in [-0.2, -0.15) is 9.49 Å². The minimum absolute atomic E-state index is 0.0270. The quantitative estimate of drug-likeness (QED) is 0.131. The van der Waals surface area contributed by atoms with Crippen molar-refractivity contribution in [2.75, 3.05) is 13.7 Å². The average molecular weight is 533 g/mol. The molecular formula is C26H34F2N4O4Si. The lowest BCUT2D eigenvalue weighted by molar-refractivity contribution is 0.0582. The number of ether oxygens (including phenoxy) is 3. The van der Waals surface area contributed by atoms with Crippen molar-refractivity contribution < 1.29 is 27.8 Å². The number of carbonyl (C=O) groups excluding carboxylic acids is 1. The molecule has 200 valence electrons. The van der Waals surface area contributed by atoms with Gasteiger partial charge in [-0.15, -0.1) is 0 Å². The van der Waals surface area contributed by atoms with E-state index in [0.717, 1.165) is 6.04 Å². The molecule has 3 rings (SSSR count). The van der Waals surface area contributed by atoms with Gasteiger partial charge in [-0.1, -0.05) is 45.6 Å². The summed E-state index contributed by atoms with van der Waals surface area (Å²) in [4.78, 5) is 21.1. The lowest BCUT2D eigenvalue weighted by atomic mass is 9.91. The molecule has 0 spiro atoms. The van der Waals surface area contributed by atoms with Crippen LogP contribution in [0.15, 0.2) is 30.6 Å². The van der Waals surface area contributed by atoms with Gasteiger partial charge in [-0.3, -0.25) is 0 Å². The van der Waals surface area contributed by atoms with E-state index in [-0.39, 0.29) is 48.2 Å². The van der Waals surface area contributed by atoms with E-state index in [1.807, 2.05) is 0 Å². The van der Waals surface area contributed by atoms with Crippen LogP contribution in [0.3, 0.4) is 0 Å². The third kappa shape index (κ3) is 7.49. The number of hydrogen-bond donors (Lipinski definition) is 0. The summed E-state index contributed by atoms with van der Waals surface area (Å²) in [5, 5.41) is 4.17. The SMILES string of the molecule is COC(=O)c1c(C(C)C)nc(F)c(COCc2ncnn2COCC[Si](C)(C)C)c1-c1ccc(F)cc1. The van der Waals surface area contributed by atoms with E-state index >= 15 is 4.39 Å². The van der Waals surface area contributed by atoms with Gasteiger partial charge in [-0.25, -0.2) is 23.8 Å². The van der Waals surface area contributed by atoms with Gasteiger partial charge in [0.2, 0.25) is 5.95 Å². The molecule has 0 unspecified atom stereocenters. The van der Waals surface area contributed by atoms with Crippen molar-refractivity contribution in [3.05, 3.63) is 65.0 Å². The highest BCUT2D eigenvalue weighted by molar-refractivity contribution is 6.76. The van der Waals surface area contributed by atoms with Crippen LogP contribution in [0, 0.1) is 11.8 Å². The first kappa shape index (κ1) is 28.5. The van der Waals surface area contributed by atoms with E-state index in [2.05, 4.69) is 34.7 Å². The number of hydrogen-bond acceptors (Lipinski definition) is 7. The van der Waals surface area contributed by atoms with Crippen LogP contribution in [-0.4, -0.2) is 47.5 Å². The van der Waals surface area contributed by atoms with Crippen molar-refractivity contribution in [3.63, 3.8) is 0 Å². The molecule has 1 aromatic carbocycles. The summed E-state index contributed by atoms with van der Waals surface area (Å²) in [6.45, 7) is 11.1. The largest absolute Gasteiger partial charge is 0.465 e. The minimum atomic E-state index is -1.21. The molecule has 3 aromatic rings. The number of halogens is 2. The van der Waals surface area contributed by atoms with E-state index in [1.54, 1.807) is 18.5 Å². The fourth-order valence-corrected chi connectivity index (χ4v) is 4.44. The van der Waals surface area contributed by atoms with Crippen molar-refractivity contribution in [1.82, 2.24) is 19.7 Å². The van der Waals surface area contributed by atoms with E-state index < -0.39 is 25.8 Å². The Hall–Kier alpha value is -3.02. The molecular weight excluding hydrogens is 498 g/mol. The Morgan fingerprint density at radius 2 is 1.78 bits per heavy atom. The molecule has 0 aliphatic heterocycles. The topological polar surface area (TPSA) is 88.4 Å². The first-order chi connectivity index (χ1) is 17.5. The molecule has 37 heavy (non-hydrogen) atoms. The van der Waals surface area contributed by atoms with Crippen LogP contribution in [-0.2, 0) is 34.2 Å². The molecule has 0 saturated carbocycles. The summed E-state index contributed by atoms with van der Waals surface area (Å²) in [5.74, 6) is -1.64. The number of methoxy groups -OCH3 is 1. The molecule has 2 heterocycles. The van der Waals surface area contributed by atoms with Gasteiger partial charge in [0, 0.05) is 25.8 Å². The molecule has 0 amide bonds. The first-order valence-corrected chi connectivity index (χ1v) is 15.8. The van der Waals surface area contributed by atoms with Crippen LogP contribution >= 0.6 is 0 Å². The second kappa shape index (κ2) is 12.5. The van der Waals surface area contributed by atoms with Crippen molar-refractivity contribution in [2.45, 2.75) is 65.4 Å². The molecule has 0 bridgehead atoms. The fourth-order valence-electron chi connectivity index (χ4n) is 3.69. The molecule has 0 radical (unpaired) electrons. The predicted molar refractivity (Wildman–Crippen MR) is 138 cm³/mol. The Balaban J connectivity index is 1.87. The average Bonchev–Trinajstić information content (AvgIpc) is 3.29. The van der Waals surface area contributed by atoms with Gasteiger partial charge >= 0.3 is 5.97 Å². The Morgan fingerprint density at radius 3 is 2.41 bits per heavy atom. The molecule has 0 N–H and O–H groups in total. The summed E-state index contributed by atoms with van der Waals surface area (Å²) >= 11 is 0. The number of benzene rings is 1. The lowest BCUT2D eigenvalue weighted by Crippen LogP contribution is -2.22. The smallest absolute Gasteiger partial charge is 0.340 e. The zero-order chi connectivity index (χ0) is 27.2. The zero-order valence-electron chi connectivity index (χ0n) is 22.2. The molecule has 0 saturated heterocycles. The van der Waals surface area contributed by atoms with Crippen LogP contribution < -0.4 is 0 Å². The van der Waals surface area contributed by atoms with Crippen LogP contribution in [0.4, 0.5) is 8.78 Å². The fraction of sp³-hybridized carbons (Fsp3) is 0.462. The third-order valence-electron chi connectivity index (χ3n) is 5.73. The summed E-state index contributed by atoms with van der Waals surface area (Å²) in [6, 6.07) is 6.50. The number of nitrogens with zero attached hydrogens (tertiary/aromatic N) is 4. The zero-order valence-corrected chi connectivity index (χ0v) is 23.2. The Kier molecular flexibility index (Phi) is 9.63. The van der Waals surface area contributed by atoms with Crippen molar-refractivity contribution in [3.8, 4) is 11.1 Å². The summed E-state index contributed by atoms with van der Waals surface area (Å²) < 4.78 is 47.2. The van der Waals surface area contributed by atoms with E-state index in [1.165, 1.54) is 37.7 Å². The molecule has 8 nitrogen and oxygen atoms in total. The van der Waals surface area contributed by atoms with Crippen LogP contribution in [0.25, 0.3) is 11.1 Å². The maximum absolute atomic E-state index is 15.4. The number of carbonyl (C=O) groups is 1. The van der Waals surface area contributed by atoms with Gasteiger partial charge < -0.3 is 14.2 Å². The van der Waals surface area contributed by atoms with E-state index in [9.17, 15) is 9.18 Å². The third-order valence-corrected chi connectivity index (χ3v) is 7.43. The standard InChI is InChI=1S/C26H34F2N4O4Si/c1-17(2)24-23(26(33)34-3)22(18-7-9-19(27)10-8-18)20(25(28)31-24)13-36-14-21-29-15-30-32(21)16-35-11-12-37(4,5)6/h7-10,15,17H,11-14,16H2,1-6H3. The molecule has 2 aromatic heterocycles. The second-order valence-electron chi connectivity index (χ2n) is 10.2. The van der Waals surface area contributed by atoms with Crippen LogP contribution in [0.1, 0.15) is 47.2 Å². The number of rotatable bonds is 12. The second-order valence-corrected chi connectivity index (χ2v) is 15.8. The Morgan fingerprint density at radius 1 is 1.08 bits per heavy atom. The molecule has 0 aliphatic carbocycles. The van der Waals surface area contributed by atoms with Gasteiger partial charge in [-0.05, 0) is 29.7 Å². The predicted octanol–water partition coefficient (Wildman–Crippen LogP) is 5.56. The maximum Gasteiger partial charge on any atom is 0.340 e. The Labute approximate surface area is 217 Å². The molecule has 0 fully saturated rings. The van der Waals surface area contributed by atoms with E-state index in [4.69, 9.17) is 14.2 Å². The summed E-state index contributed by atoms with van der Waals surface area (Å²) in [6.07, 6.45) is 1.40. The highest BCUT2D eigenvalue weighted by atomic mass is 28.3. The maximum atomic E-state index is 15.4. The van der Waals surface area contributed by atoms with Crippen LogP contribution in [0.5, 0.6) is 0 Å². The van der Waals surface area contributed by atoms with E-state index in [0.29, 0.717) is 18.0 Å². The van der Waals surface area contributed by atoms with Crippen molar-refractivity contribution in [1.29, 1.82) is 0 Å². The lowest BCUT2D eigenvalue weighted by Gasteiger charge is -2.20. The number of aromatic nitrogens is 4. The molecule has 0 aliphatic rings. The van der Waals surface area contributed by atoms with Gasteiger partial charge in [0.1, 0.15) is 25.5 Å². The molecule has 0 atom stereocenters. The monoisotopic (exact) mass is 532 g/mol. The summed E-state index contributed by atoms with van der Waals surface area (Å²) in [5.41, 5.74) is 1.15. The van der Waals surface area contributed by atoms with Gasteiger partial charge in [0.15, 0.2) is 5.82 Å². The normalized spacial score (nSPS) is 11.8. The summed E-state index contributed by atoms with van der Waals surface area (Å²) in [7, 11) is 0.0385.